The smallest absolute Gasteiger partial charge is 0.313 e. The monoisotopic (exact) mass is 409 g/mol. The van der Waals surface area contributed by atoms with E-state index < -0.39 is 11.8 Å². The minimum atomic E-state index is -0.587. The van der Waals surface area contributed by atoms with Crippen molar-refractivity contribution in [3.8, 4) is 11.5 Å². The van der Waals surface area contributed by atoms with Crippen molar-refractivity contribution in [1.29, 1.82) is 0 Å². The van der Waals surface area contributed by atoms with Gasteiger partial charge in [-0.15, -0.1) is 0 Å². The van der Waals surface area contributed by atoms with Crippen molar-refractivity contribution in [2.45, 2.75) is 26.3 Å². The van der Waals surface area contributed by atoms with Gasteiger partial charge in [-0.05, 0) is 41.3 Å². The number of nitrogens with one attached hydrogen (secondary N) is 1. The zero-order valence-electron chi connectivity index (χ0n) is 17.4. The highest BCUT2D eigenvalue weighted by Gasteiger charge is 2.26. The third-order valence-corrected chi connectivity index (χ3v) is 5.53. The van der Waals surface area contributed by atoms with Crippen LogP contribution in [0.15, 0.2) is 42.5 Å². The summed E-state index contributed by atoms with van der Waals surface area (Å²) in [5.41, 5.74) is 2.97. The van der Waals surface area contributed by atoms with E-state index in [9.17, 15) is 9.59 Å². The first-order chi connectivity index (χ1) is 14.5. The molecule has 0 spiro atoms. The van der Waals surface area contributed by atoms with Crippen LogP contribution in [0.4, 0.5) is 5.69 Å². The molecular formula is C23H27N3O4. The summed E-state index contributed by atoms with van der Waals surface area (Å²) in [6.45, 7) is 7.77. The van der Waals surface area contributed by atoms with Crippen molar-refractivity contribution in [3.05, 3.63) is 53.6 Å². The van der Waals surface area contributed by atoms with Gasteiger partial charge in [0.2, 0.25) is 6.79 Å². The number of anilines is 1. The van der Waals surface area contributed by atoms with Gasteiger partial charge in [-0.3, -0.25) is 14.5 Å². The Morgan fingerprint density at radius 1 is 0.967 bits per heavy atom. The Bertz CT molecular complexity index is 919. The summed E-state index contributed by atoms with van der Waals surface area (Å²) in [5, 5.41) is 2.71. The number of benzene rings is 2. The van der Waals surface area contributed by atoms with Gasteiger partial charge in [0.25, 0.3) is 0 Å². The lowest BCUT2D eigenvalue weighted by Crippen LogP contribution is -2.51. The molecule has 158 valence electrons. The SMILES string of the molecule is CC(C)c1ccc(NC(=O)C(=O)N2CCN(Cc3ccc4c(c3)OCO4)CC2)cc1. The molecule has 1 saturated heterocycles. The molecule has 30 heavy (non-hydrogen) atoms. The topological polar surface area (TPSA) is 71.1 Å². The molecule has 7 heteroatoms. The van der Waals surface area contributed by atoms with Crippen LogP contribution in [0, 0.1) is 0 Å². The van der Waals surface area contributed by atoms with Crippen molar-refractivity contribution >= 4 is 17.5 Å². The first kappa shape index (κ1) is 20.2. The Kier molecular flexibility index (Phi) is 5.90. The van der Waals surface area contributed by atoms with Gasteiger partial charge in [-0.1, -0.05) is 32.0 Å². The molecule has 1 fully saturated rings. The first-order valence-electron chi connectivity index (χ1n) is 10.3. The molecule has 0 atom stereocenters. The number of piperazine rings is 1. The van der Waals surface area contributed by atoms with Gasteiger partial charge in [0.05, 0.1) is 0 Å². The quantitative estimate of drug-likeness (QED) is 0.787. The van der Waals surface area contributed by atoms with E-state index in [1.165, 1.54) is 5.56 Å². The average molecular weight is 409 g/mol. The Labute approximate surface area is 176 Å². The zero-order valence-corrected chi connectivity index (χ0v) is 17.4. The lowest BCUT2D eigenvalue weighted by atomic mass is 10.0. The molecule has 2 aliphatic heterocycles. The van der Waals surface area contributed by atoms with E-state index in [0.717, 1.165) is 36.7 Å². The molecule has 0 aromatic heterocycles. The summed E-state index contributed by atoms with van der Waals surface area (Å²) in [5.74, 6) is 0.908. The molecule has 1 N–H and O–H groups in total. The minimum absolute atomic E-state index is 0.267. The number of nitrogens with zero attached hydrogens (tertiary/aromatic N) is 2. The molecule has 2 heterocycles. The molecule has 2 aliphatic rings. The van der Waals surface area contributed by atoms with Crippen molar-refractivity contribution in [1.82, 2.24) is 9.80 Å². The molecular weight excluding hydrogens is 382 g/mol. The van der Waals surface area contributed by atoms with Gasteiger partial charge < -0.3 is 19.7 Å². The lowest BCUT2D eigenvalue weighted by molar-refractivity contribution is -0.144. The Morgan fingerprint density at radius 2 is 1.67 bits per heavy atom. The van der Waals surface area contributed by atoms with E-state index in [1.54, 1.807) is 4.90 Å². The highest BCUT2D eigenvalue weighted by atomic mass is 16.7. The summed E-state index contributed by atoms with van der Waals surface area (Å²) >= 11 is 0. The molecule has 7 nitrogen and oxygen atoms in total. The van der Waals surface area contributed by atoms with Gasteiger partial charge in [-0.2, -0.15) is 0 Å². The van der Waals surface area contributed by atoms with Crippen LogP contribution in [0.1, 0.15) is 30.9 Å². The number of ether oxygens (including phenoxy) is 2. The minimum Gasteiger partial charge on any atom is -0.454 e. The van der Waals surface area contributed by atoms with Crippen LogP contribution in [-0.2, 0) is 16.1 Å². The standard InChI is InChI=1S/C23H27N3O4/c1-16(2)18-4-6-19(7-5-18)24-22(27)23(28)26-11-9-25(10-12-26)14-17-3-8-20-21(13-17)30-15-29-20/h3-8,13,16H,9-12,14-15H2,1-2H3,(H,24,27). The van der Waals surface area contributed by atoms with Crippen LogP contribution in [0.5, 0.6) is 11.5 Å². The molecule has 0 aliphatic carbocycles. The third-order valence-electron chi connectivity index (χ3n) is 5.53. The largest absolute Gasteiger partial charge is 0.454 e. The van der Waals surface area contributed by atoms with Gasteiger partial charge >= 0.3 is 11.8 Å². The van der Waals surface area contributed by atoms with E-state index in [-0.39, 0.29) is 6.79 Å². The number of hydrogen-bond donors (Lipinski definition) is 1. The third kappa shape index (κ3) is 4.57. The highest BCUT2D eigenvalue weighted by Crippen LogP contribution is 2.32. The molecule has 0 saturated carbocycles. The Morgan fingerprint density at radius 3 is 2.37 bits per heavy atom. The first-order valence-corrected chi connectivity index (χ1v) is 10.3. The summed E-state index contributed by atoms with van der Waals surface area (Å²) < 4.78 is 10.8. The van der Waals surface area contributed by atoms with Gasteiger partial charge in [0.15, 0.2) is 11.5 Å². The van der Waals surface area contributed by atoms with E-state index in [2.05, 4.69) is 24.1 Å². The number of amides is 2. The van der Waals surface area contributed by atoms with E-state index in [1.807, 2.05) is 42.5 Å². The molecule has 0 bridgehead atoms. The maximum absolute atomic E-state index is 12.5. The van der Waals surface area contributed by atoms with Crippen molar-refractivity contribution < 1.29 is 19.1 Å². The number of rotatable bonds is 4. The molecule has 2 amide bonds. The van der Waals surface area contributed by atoms with Crippen LogP contribution in [0.2, 0.25) is 0 Å². The maximum atomic E-state index is 12.5. The van der Waals surface area contributed by atoms with E-state index in [0.29, 0.717) is 24.7 Å². The number of carbonyl (C=O) groups is 2. The van der Waals surface area contributed by atoms with Gasteiger partial charge in [0, 0.05) is 38.4 Å². The predicted molar refractivity (Wildman–Crippen MR) is 114 cm³/mol. The normalized spacial score (nSPS) is 16.0. The summed E-state index contributed by atoms with van der Waals surface area (Å²) in [7, 11) is 0. The zero-order chi connectivity index (χ0) is 21.1. The summed E-state index contributed by atoms with van der Waals surface area (Å²) in [6, 6.07) is 13.6. The van der Waals surface area contributed by atoms with E-state index in [4.69, 9.17) is 9.47 Å². The van der Waals surface area contributed by atoms with Gasteiger partial charge in [0.1, 0.15) is 0 Å². The fourth-order valence-electron chi connectivity index (χ4n) is 3.69. The van der Waals surface area contributed by atoms with Crippen molar-refractivity contribution in [2.75, 3.05) is 38.3 Å². The fourth-order valence-corrected chi connectivity index (χ4v) is 3.69. The average Bonchev–Trinajstić information content (AvgIpc) is 3.22. The maximum Gasteiger partial charge on any atom is 0.313 e. The summed E-state index contributed by atoms with van der Waals surface area (Å²) in [6.07, 6.45) is 0. The second kappa shape index (κ2) is 8.75. The Balaban J connectivity index is 1.27. The van der Waals surface area contributed by atoms with E-state index >= 15 is 0 Å². The molecule has 0 radical (unpaired) electrons. The fraction of sp³-hybridized carbons (Fsp3) is 0.391. The molecule has 2 aromatic carbocycles. The molecule has 0 unspecified atom stereocenters. The second-order valence-electron chi connectivity index (χ2n) is 7.99. The van der Waals surface area contributed by atoms with Crippen molar-refractivity contribution in [3.63, 3.8) is 0 Å². The highest BCUT2D eigenvalue weighted by molar-refractivity contribution is 6.39. The van der Waals surface area contributed by atoms with Crippen molar-refractivity contribution in [2.24, 2.45) is 0 Å². The van der Waals surface area contributed by atoms with Crippen LogP contribution in [0.3, 0.4) is 0 Å². The summed E-state index contributed by atoms with van der Waals surface area (Å²) in [4.78, 5) is 28.8. The van der Waals surface area contributed by atoms with Gasteiger partial charge in [-0.25, -0.2) is 0 Å². The Hall–Kier alpha value is -3.06. The number of carbonyl (C=O) groups excluding carboxylic acids is 2. The second-order valence-corrected chi connectivity index (χ2v) is 7.99. The van der Waals surface area contributed by atoms with Crippen LogP contribution in [-0.4, -0.2) is 54.6 Å². The molecule has 2 aromatic rings. The van der Waals surface area contributed by atoms with Crippen LogP contribution >= 0.6 is 0 Å². The number of fused-ring (bicyclic) bond motifs is 1. The predicted octanol–water partition coefficient (Wildman–Crippen LogP) is 2.82. The van der Waals surface area contributed by atoms with Crippen LogP contribution < -0.4 is 14.8 Å². The lowest BCUT2D eigenvalue weighted by Gasteiger charge is -2.34. The molecule has 4 rings (SSSR count). The van der Waals surface area contributed by atoms with Crippen LogP contribution in [0.25, 0.3) is 0 Å². The number of hydrogen-bond acceptors (Lipinski definition) is 5.